The molecule has 0 saturated heterocycles. The van der Waals surface area contributed by atoms with Gasteiger partial charge in [-0.2, -0.15) is 0 Å². The van der Waals surface area contributed by atoms with E-state index in [4.69, 9.17) is 4.74 Å². The Kier molecular flexibility index (Phi) is 4.83. The van der Waals surface area contributed by atoms with Crippen molar-refractivity contribution in [1.82, 2.24) is 19.3 Å². The van der Waals surface area contributed by atoms with Crippen molar-refractivity contribution in [3.8, 4) is 17.0 Å². The number of carbonyl (C=O) groups excluding carboxylic acids is 1. The number of ether oxygens (including phenoxy) is 1. The van der Waals surface area contributed by atoms with Gasteiger partial charge in [-0.3, -0.25) is 14.2 Å². The summed E-state index contributed by atoms with van der Waals surface area (Å²) in [5, 5.41) is 1.85. The monoisotopic (exact) mass is 392 g/mol. The van der Waals surface area contributed by atoms with Crippen molar-refractivity contribution in [1.29, 1.82) is 0 Å². The van der Waals surface area contributed by atoms with Crippen molar-refractivity contribution in [3.63, 3.8) is 0 Å². The van der Waals surface area contributed by atoms with E-state index < -0.39 is 0 Å². The molecular weight excluding hydrogens is 372 g/mol. The molecule has 6 nitrogen and oxygen atoms in total. The third kappa shape index (κ3) is 3.14. The first-order valence-electron chi connectivity index (χ1n) is 8.88. The number of imidazole rings is 1. The number of hydrogen-bond acceptors (Lipinski definition) is 5. The zero-order valence-electron chi connectivity index (χ0n) is 15.9. The highest BCUT2D eigenvalue weighted by atomic mass is 32.1. The average Bonchev–Trinajstić information content (AvgIpc) is 3.33. The normalized spacial score (nSPS) is 12.1. The maximum Gasteiger partial charge on any atom is 0.272 e. The molecule has 1 aromatic carbocycles. The zero-order valence-corrected chi connectivity index (χ0v) is 16.7. The second-order valence-corrected chi connectivity index (χ2v) is 7.28. The van der Waals surface area contributed by atoms with Crippen molar-refractivity contribution < 1.29 is 9.53 Å². The predicted octanol–water partition coefficient (Wildman–Crippen LogP) is 4.30. The lowest BCUT2D eigenvalue weighted by Gasteiger charge is -2.24. The molecule has 3 aromatic heterocycles. The summed E-state index contributed by atoms with van der Waals surface area (Å²) in [6, 6.07) is 13.3. The quantitative estimate of drug-likeness (QED) is 0.508. The average molecular weight is 392 g/mol. The Bertz CT molecular complexity index is 1120. The molecule has 0 radical (unpaired) electrons. The zero-order chi connectivity index (χ0) is 19.7. The maximum atomic E-state index is 13.1. The van der Waals surface area contributed by atoms with Gasteiger partial charge in [-0.15, -0.1) is 11.3 Å². The summed E-state index contributed by atoms with van der Waals surface area (Å²) in [6.45, 7) is 1.97. The summed E-state index contributed by atoms with van der Waals surface area (Å²) in [6.07, 6.45) is 3.62. The number of methoxy groups -OCH3 is 1. The van der Waals surface area contributed by atoms with Gasteiger partial charge in [0.05, 0.1) is 24.5 Å². The van der Waals surface area contributed by atoms with Crippen LogP contribution < -0.4 is 4.74 Å². The van der Waals surface area contributed by atoms with Crippen LogP contribution in [0.5, 0.6) is 5.75 Å². The molecule has 7 heteroatoms. The van der Waals surface area contributed by atoms with E-state index in [0.29, 0.717) is 5.69 Å². The van der Waals surface area contributed by atoms with Crippen LogP contribution in [0.1, 0.15) is 29.1 Å². The number of para-hydroxylation sites is 1. The van der Waals surface area contributed by atoms with Gasteiger partial charge in [0, 0.05) is 30.4 Å². The van der Waals surface area contributed by atoms with Gasteiger partial charge in [-0.1, -0.05) is 18.2 Å². The minimum absolute atomic E-state index is 0.0756. The Morgan fingerprint density at radius 1 is 1.21 bits per heavy atom. The number of pyridine rings is 1. The summed E-state index contributed by atoms with van der Waals surface area (Å²) in [5.41, 5.74) is 3.11. The van der Waals surface area contributed by atoms with Crippen molar-refractivity contribution >= 4 is 22.2 Å². The largest absolute Gasteiger partial charge is 0.496 e. The van der Waals surface area contributed by atoms with E-state index in [1.54, 1.807) is 25.3 Å². The van der Waals surface area contributed by atoms with E-state index in [9.17, 15) is 4.79 Å². The minimum Gasteiger partial charge on any atom is -0.496 e. The van der Waals surface area contributed by atoms with E-state index in [0.717, 1.165) is 27.7 Å². The maximum absolute atomic E-state index is 13.1. The Morgan fingerprint density at radius 2 is 2.00 bits per heavy atom. The van der Waals surface area contributed by atoms with Crippen molar-refractivity contribution in [2.45, 2.75) is 13.0 Å². The summed E-state index contributed by atoms with van der Waals surface area (Å²) in [7, 11) is 3.43. The van der Waals surface area contributed by atoms with E-state index in [-0.39, 0.29) is 11.9 Å². The standard InChI is InChI=1S/C21H20N4O2S/c1-14(16-9-6-7-11-22-16)24(2)20(26)18-13-28-21-23-17(12-25(18)21)15-8-4-5-10-19(15)27-3/h4-14H,1-3H3. The molecule has 142 valence electrons. The van der Waals surface area contributed by atoms with Crippen molar-refractivity contribution in [2.24, 2.45) is 0 Å². The van der Waals surface area contributed by atoms with Gasteiger partial charge in [0.1, 0.15) is 11.4 Å². The molecule has 0 aliphatic rings. The first-order valence-corrected chi connectivity index (χ1v) is 9.76. The molecule has 0 aliphatic heterocycles. The highest BCUT2D eigenvalue weighted by Crippen LogP contribution is 2.31. The SMILES string of the molecule is COc1ccccc1-c1cn2c(C(=O)N(C)C(C)c3ccccn3)csc2n1. The molecule has 3 heterocycles. The number of amides is 1. The van der Waals surface area contributed by atoms with Crippen LogP contribution in [0.2, 0.25) is 0 Å². The van der Waals surface area contributed by atoms with Gasteiger partial charge < -0.3 is 9.64 Å². The molecule has 0 N–H and O–H groups in total. The fraction of sp³-hybridized carbons (Fsp3) is 0.190. The molecule has 28 heavy (non-hydrogen) atoms. The summed E-state index contributed by atoms with van der Waals surface area (Å²) in [4.78, 5) is 24.6. The lowest BCUT2D eigenvalue weighted by Crippen LogP contribution is -2.30. The lowest BCUT2D eigenvalue weighted by atomic mass is 10.1. The number of nitrogens with zero attached hydrogens (tertiary/aromatic N) is 4. The minimum atomic E-state index is -0.138. The Hall–Kier alpha value is -3.19. The molecule has 0 spiro atoms. The molecule has 4 rings (SSSR count). The number of hydrogen-bond donors (Lipinski definition) is 0. The molecular formula is C21H20N4O2S. The van der Waals surface area contributed by atoms with Gasteiger partial charge in [0.2, 0.25) is 0 Å². The number of rotatable bonds is 5. The Morgan fingerprint density at radius 3 is 2.75 bits per heavy atom. The van der Waals surface area contributed by atoms with E-state index >= 15 is 0 Å². The van der Waals surface area contributed by atoms with Gasteiger partial charge in [0.25, 0.3) is 5.91 Å². The van der Waals surface area contributed by atoms with Crippen LogP contribution in [0.25, 0.3) is 16.2 Å². The third-order valence-electron chi connectivity index (χ3n) is 4.83. The van der Waals surface area contributed by atoms with Crippen LogP contribution in [0, 0.1) is 0 Å². The molecule has 0 bridgehead atoms. The van der Waals surface area contributed by atoms with Gasteiger partial charge in [-0.25, -0.2) is 4.98 Å². The summed E-state index contributed by atoms with van der Waals surface area (Å²) in [5.74, 6) is 0.676. The van der Waals surface area contributed by atoms with Crippen LogP contribution in [-0.4, -0.2) is 39.3 Å². The van der Waals surface area contributed by atoms with Gasteiger partial charge >= 0.3 is 0 Å². The molecule has 1 amide bonds. The molecule has 4 aromatic rings. The van der Waals surface area contributed by atoms with E-state index in [1.807, 2.05) is 65.4 Å². The van der Waals surface area contributed by atoms with Crippen LogP contribution in [0.3, 0.4) is 0 Å². The smallest absolute Gasteiger partial charge is 0.272 e. The van der Waals surface area contributed by atoms with Crippen LogP contribution in [-0.2, 0) is 0 Å². The molecule has 0 saturated carbocycles. The number of thiazole rings is 1. The highest BCUT2D eigenvalue weighted by molar-refractivity contribution is 7.15. The molecule has 1 atom stereocenters. The lowest BCUT2D eigenvalue weighted by molar-refractivity contribution is 0.0733. The van der Waals surface area contributed by atoms with Crippen LogP contribution in [0.15, 0.2) is 60.2 Å². The first kappa shape index (κ1) is 18.2. The fourth-order valence-electron chi connectivity index (χ4n) is 3.10. The van der Waals surface area contributed by atoms with E-state index in [1.165, 1.54) is 11.3 Å². The summed E-state index contributed by atoms with van der Waals surface area (Å²) >= 11 is 1.44. The predicted molar refractivity (Wildman–Crippen MR) is 110 cm³/mol. The van der Waals surface area contributed by atoms with Crippen LogP contribution in [0.4, 0.5) is 0 Å². The topological polar surface area (TPSA) is 59.7 Å². The van der Waals surface area contributed by atoms with Crippen LogP contribution >= 0.6 is 11.3 Å². The number of benzene rings is 1. The Labute approximate surface area is 167 Å². The number of aromatic nitrogens is 3. The molecule has 0 aliphatic carbocycles. The van der Waals surface area contributed by atoms with Gasteiger partial charge in [-0.05, 0) is 31.2 Å². The summed E-state index contributed by atoms with van der Waals surface area (Å²) < 4.78 is 7.28. The van der Waals surface area contributed by atoms with E-state index in [2.05, 4.69) is 9.97 Å². The number of fused-ring (bicyclic) bond motifs is 1. The molecule has 1 unspecified atom stereocenters. The second kappa shape index (κ2) is 7.44. The highest BCUT2D eigenvalue weighted by Gasteiger charge is 2.23. The number of carbonyl (C=O) groups is 1. The Balaban J connectivity index is 1.68. The first-order chi connectivity index (χ1) is 13.6. The van der Waals surface area contributed by atoms with Gasteiger partial charge in [0.15, 0.2) is 4.96 Å². The second-order valence-electron chi connectivity index (χ2n) is 6.45. The third-order valence-corrected chi connectivity index (χ3v) is 5.67. The van der Waals surface area contributed by atoms with Crippen molar-refractivity contribution in [2.75, 3.05) is 14.2 Å². The fourth-order valence-corrected chi connectivity index (χ4v) is 3.95. The molecule has 0 fully saturated rings. The van der Waals surface area contributed by atoms with Crippen molar-refractivity contribution in [3.05, 3.63) is 71.6 Å².